The number of benzene rings is 1. The number of carbonyl (C=O) groups is 1. The Morgan fingerprint density at radius 2 is 2.00 bits per heavy atom. The molecular weight excluding hydrogens is 250 g/mol. The second kappa shape index (κ2) is 5.93. The lowest BCUT2D eigenvalue weighted by Gasteiger charge is -2.01. The van der Waals surface area contributed by atoms with E-state index < -0.39 is 0 Å². The number of aromatic nitrogens is 1. The van der Waals surface area contributed by atoms with Crippen LogP contribution < -0.4 is 5.43 Å². The van der Waals surface area contributed by atoms with Crippen LogP contribution in [0.3, 0.4) is 0 Å². The number of rotatable bonds is 3. The molecule has 0 radical (unpaired) electrons. The molecule has 1 amide bonds. The molecule has 1 aromatic carbocycles. The average molecular weight is 260 g/mol. The van der Waals surface area contributed by atoms with Crippen LogP contribution in [0.15, 0.2) is 53.8 Å². The minimum absolute atomic E-state index is 0.354. The lowest BCUT2D eigenvalue weighted by Crippen LogP contribution is -2.18. The predicted molar refractivity (Wildman–Crippen MR) is 70.7 cm³/mol. The molecule has 1 aromatic heterocycles. The van der Waals surface area contributed by atoms with Crippen molar-refractivity contribution in [2.24, 2.45) is 5.10 Å². The third kappa shape index (κ3) is 3.15. The van der Waals surface area contributed by atoms with Crippen molar-refractivity contribution in [2.75, 3.05) is 0 Å². The van der Waals surface area contributed by atoms with Gasteiger partial charge in [-0.05, 0) is 24.3 Å². The van der Waals surface area contributed by atoms with Gasteiger partial charge >= 0.3 is 0 Å². The van der Waals surface area contributed by atoms with Gasteiger partial charge in [-0.15, -0.1) is 0 Å². The van der Waals surface area contributed by atoms with Crippen molar-refractivity contribution < 1.29 is 4.79 Å². The zero-order valence-electron chi connectivity index (χ0n) is 9.38. The normalized spacial score (nSPS) is 10.5. The molecule has 0 saturated carbocycles. The average Bonchev–Trinajstić information content (AvgIpc) is 2.40. The van der Waals surface area contributed by atoms with E-state index in [2.05, 4.69) is 15.5 Å². The second-order valence-electron chi connectivity index (χ2n) is 3.43. The zero-order valence-corrected chi connectivity index (χ0v) is 10.1. The van der Waals surface area contributed by atoms with Crippen LogP contribution in [-0.2, 0) is 0 Å². The summed E-state index contributed by atoms with van der Waals surface area (Å²) in [7, 11) is 0. The molecule has 0 saturated heterocycles. The van der Waals surface area contributed by atoms with Crippen molar-refractivity contribution in [1.82, 2.24) is 10.4 Å². The van der Waals surface area contributed by atoms with Crippen molar-refractivity contribution in [2.45, 2.75) is 0 Å². The summed E-state index contributed by atoms with van der Waals surface area (Å²) in [5.41, 5.74) is 3.44. The van der Waals surface area contributed by atoms with E-state index in [1.807, 2.05) is 6.07 Å². The molecular formula is C13H10ClN3O. The summed E-state index contributed by atoms with van der Waals surface area (Å²) >= 11 is 5.89. The van der Waals surface area contributed by atoms with Crippen LogP contribution in [0.2, 0.25) is 5.02 Å². The first-order valence-corrected chi connectivity index (χ1v) is 5.64. The van der Waals surface area contributed by atoms with E-state index >= 15 is 0 Å². The number of nitrogens with zero attached hydrogens (tertiary/aromatic N) is 2. The van der Waals surface area contributed by atoms with Crippen LogP contribution in [-0.4, -0.2) is 17.1 Å². The summed E-state index contributed by atoms with van der Waals surface area (Å²) in [5.74, 6) is -0.354. The van der Waals surface area contributed by atoms with Gasteiger partial charge in [-0.3, -0.25) is 9.78 Å². The maximum atomic E-state index is 11.7. The highest BCUT2D eigenvalue weighted by molar-refractivity contribution is 6.33. The number of carbonyl (C=O) groups excluding carboxylic acids is 1. The van der Waals surface area contributed by atoms with Gasteiger partial charge in [0.05, 0.1) is 22.5 Å². The second-order valence-corrected chi connectivity index (χ2v) is 3.84. The fourth-order valence-corrected chi connectivity index (χ4v) is 1.54. The maximum Gasteiger partial charge on any atom is 0.272 e. The van der Waals surface area contributed by atoms with E-state index in [-0.39, 0.29) is 5.91 Å². The van der Waals surface area contributed by atoms with Gasteiger partial charge < -0.3 is 0 Å². The van der Waals surface area contributed by atoms with Crippen molar-refractivity contribution in [3.63, 3.8) is 0 Å². The largest absolute Gasteiger partial charge is 0.272 e. The standard InChI is InChI=1S/C13H10ClN3O/c14-12-7-2-1-6-11(12)13(18)17-16-9-10-5-3-4-8-15-10/h1-9H,(H,17,18)/b16-9-. The van der Waals surface area contributed by atoms with Crippen LogP contribution in [0.25, 0.3) is 0 Å². The van der Waals surface area contributed by atoms with E-state index in [9.17, 15) is 4.79 Å². The molecule has 0 spiro atoms. The molecule has 0 bridgehead atoms. The van der Waals surface area contributed by atoms with Crippen molar-refractivity contribution in [3.05, 3.63) is 64.9 Å². The summed E-state index contributed by atoms with van der Waals surface area (Å²) in [4.78, 5) is 15.8. The molecule has 0 aliphatic rings. The van der Waals surface area contributed by atoms with E-state index in [0.717, 1.165) is 0 Å². The molecule has 1 N–H and O–H groups in total. The van der Waals surface area contributed by atoms with Crippen LogP contribution in [0, 0.1) is 0 Å². The minimum atomic E-state index is -0.354. The van der Waals surface area contributed by atoms with Crippen molar-refractivity contribution in [1.29, 1.82) is 0 Å². The minimum Gasteiger partial charge on any atom is -0.267 e. The molecule has 5 heteroatoms. The van der Waals surface area contributed by atoms with Crippen LogP contribution in [0.5, 0.6) is 0 Å². The molecule has 0 fully saturated rings. The van der Waals surface area contributed by atoms with Gasteiger partial charge in [0.25, 0.3) is 5.91 Å². The Kier molecular flexibility index (Phi) is 4.04. The quantitative estimate of drug-likeness (QED) is 0.680. The van der Waals surface area contributed by atoms with Gasteiger partial charge in [-0.2, -0.15) is 5.10 Å². The summed E-state index contributed by atoms with van der Waals surface area (Å²) in [6.45, 7) is 0. The first-order valence-electron chi connectivity index (χ1n) is 5.26. The number of hydrogen-bond acceptors (Lipinski definition) is 3. The van der Waals surface area contributed by atoms with E-state index in [0.29, 0.717) is 16.3 Å². The van der Waals surface area contributed by atoms with Gasteiger partial charge in [-0.1, -0.05) is 29.8 Å². The summed E-state index contributed by atoms with van der Waals surface area (Å²) in [6.07, 6.45) is 3.12. The Bertz CT molecular complexity index is 569. The van der Waals surface area contributed by atoms with Gasteiger partial charge in [0.1, 0.15) is 0 Å². The predicted octanol–water partition coefficient (Wildman–Crippen LogP) is 2.50. The molecule has 0 aliphatic heterocycles. The third-order valence-corrected chi connectivity index (χ3v) is 2.50. The molecule has 0 aliphatic carbocycles. The number of nitrogens with one attached hydrogen (secondary N) is 1. The van der Waals surface area contributed by atoms with E-state index in [1.165, 1.54) is 6.21 Å². The first kappa shape index (κ1) is 12.3. The van der Waals surface area contributed by atoms with Crippen LogP contribution in [0.1, 0.15) is 16.1 Å². The Labute approximate surface area is 109 Å². The summed E-state index contributed by atoms with van der Waals surface area (Å²) in [6, 6.07) is 12.2. The summed E-state index contributed by atoms with van der Waals surface area (Å²) < 4.78 is 0. The topological polar surface area (TPSA) is 54.4 Å². The van der Waals surface area contributed by atoms with Gasteiger partial charge in [-0.25, -0.2) is 5.43 Å². The molecule has 90 valence electrons. The molecule has 1 heterocycles. The highest BCUT2D eigenvalue weighted by Gasteiger charge is 2.07. The smallest absolute Gasteiger partial charge is 0.267 e. The first-order chi connectivity index (χ1) is 8.77. The highest BCUT2D eigenvalue weighted by atomic mass is 35.5. The number of hydrazone groups is 1. The van der Waals surface area contributed by atoms with Gasteiger partial charge in [0, 0.05) is 6.20 Å². The van der Waals surface area contributed by atoms with Crippen molar-refractivity contribution >= 4 is 23.7 Å². The Hall–Kier alpha value is -2.20. The van der Waals surface area contributed by atoms with Gasteiger partial charge in [0.2, 0.25) is 0 Å². The highest BCUT2D eigenvalue weighted by Crippen LogP contribution is 2.14. The molecule has 2 rings (SSSR count). The van der Waals surface area contributed by atoms with Crippen molar-refractivity contribution in [3.8, 4) is 0 Å². The Morgan fingerprint density at radius 1 is 1.22 bits per heavy atom. The monoisotopic (exact) mass is 259 g/mol. The fourth-order valence-electron chi connectivity index (χ4n) is 1.31. The fraction of sp³-hybridized carbons (Fsp3) is 0. The molecule has 2 aromatic rings. The summed E-state index contributed by atoms with van der Waals surface area (Å²) in [5, 5.41) is 4.21. The number of amides is 1. The third-order valence-electron chi connectivity index (χ3n) is 2.17. The Balaban J connectivity index is 2.01. The number of pyridine rings is 1. The number of hydrogen-bond donors (Lipinski definition) is 1. The molecule has 0 atom stereocenters. The van der Waals surface area contributed by atoms with Gasteiger partial charge in [0.15, 0.2) is 0 Å². The Morgan fingerprint density at radius 3 is 2.72 bits per heavy atom. The molecule has 4 nitrogen and oxygen atoms in total. The van der Waals surface area contributed by atoms with Crippen LogP contribution in [0.4, 0.5) is 0 Å². The SMILES string of the molecule is O=C(N/N=C\c1ccccn1)c1ccccc1Cl. The maximum absolute atomic E-state index is 11.7. The molecule has 0 unspecified atom stereocenters. The van der Waals surface area contributed by atoms with E-state index in [4.69, 9.17) is 11.6 Å². The van der Waals surface area contributed by atoms with E-state index in [1.54, 1.807) is 42.6 Å². The van der Waals surface area contributed by atoms with Crippen LogP contribution >= 0.6 is 11.6 Å². The number of halogens is 1. The molecule has 18 heavy (non-hydrogen) atoms. The zero-order chi connectivity index (χ0) is 12.8. The lowest BCUT2D eigenvalue weighted by molar-refractivity contribution is 0.0955. The lowest BCUT2D eigenvalue weighted by atomic mass is 10.2.